The summed E-state index contributed by atoms with van der Waals surface area (Å²) in [6.45, 7) is 25.2. The Labute approximate surface area is 257 Å². The zero-order chi connectivity index (χ0) is 29.4. The molecule has 0 spiro atoms. The Morgan fingerprint density at radius 3 is 1.35 bits per heavy atom. The molecule has 6 heteroatoms. The van der Waals surface area contributed by atoms with E-state index in [4.69, 9.17) is 9.90 Å². The van der Waals surface area contributed by atoms with Gasteiger partial charge in [-0.25, -0.2) is 0 Å². The monoisotopic (exact) mass is 651 g/mol. The second kappa shape index (κ2) is 15.4. The molecule has 0 saturated heterocycles. The molecule has 40 heavy (non-hydrogen) atoms. The summed E-state index contributed by atoms with van der Waals surface area (Å²) >= 11 is 0. The van der Waals surface area contributed by atoms with Gasteiger partial charge in [0.05, 0.1) is 18.5 Å². The number of hydrogen-bond acceptors (Lipinski definition) is 3. The first kappa shape index (κ1) is 35.5. The Balaban J connectivity index is 0.000000380. The molecule has 0 bridgehead atoms. The molecular formula is C34H46N2O2PPd+. The van der Waals surface area contributed by atoms with Gasteiger partial charge in [0.25, 0.3) is 5.97 Å². The fraction of sp³-hybridized carbons (Fsp3) is 0.324. The Morgan fingerprint density at radius 2 is 1.05 bits per heavy atom. The summed E-state index contributed by atoms with van der Waals surface area (Å²) in [6.07, 6.45) is 4.26. The zero-order valence-electron chi connectivity index (χ0n) is 25.4. The van der Waals surface area contributed by atoms with E-state index in [2.05, 4.69) is 164 Å². The quantitative estimate of drug-likeness (QED) is 0.191. The molecule has 0 fully saturated rings. The third-order valence-corrected chi connectivity index (χ3v) is 9.53. The summed E-state index contributed by atoms with van der Waals surface area (Å²) in [6, 6.07) is 26.1. The van der Waals surface area contributed by atoms with E-state index in [0.29, 0.717) is 0 Å². The van der Waals surface area contributed by atoms with E-state index in [1.54, 1.807) is 0 Å². The van der Waals surface area contributed by atoms with E-state index in [1.165, 1.54) is 27.0 Å². The second-order valence-electron chi connectivity index (χ2n) is 11.8. The molecule has 0 unspecified atom stereocenters. The van der Waals surface area contributed by atoms with Crippen molar-refractivity contribution in [2.45, 2.75) is 73.4 Å². The topological polar surface area (TPSA) is 43.8 Å². The molecule has 1 aliphatic rings. The molecular weight excluding hydrogens is 606 g/mol. The van der Waals surface area contributed by atoms with Gasteiger partial charge < -0.3 is 14.9 Å². The predicted molar refractivity (Wildman–Crippen MR) is 170 cm³/mol. The van der Waals surface area contributed by atoms with Crippen LogP contribution in [0.5, 0.6) is 0 Å². The molecule has 4 nitrogen and oxygen atoms in total. The number of hydrogen-bond donors (Lipinski definition) is 1. The average Bonchev–Trinajstić information content (AvgIpc) is 3.35. The summed E-state index contributed by atoms with van der Waals surface area (Å²) in [5.74, 6) is -0.833. The SMILES string of the molecule is CC(=O)O.CC(C)(C)N1C=CN(C(C)(C)C)[CH-]1.[CH2-]c1ccccc1[PH+](c1ccccc1C)c1ccccc1C.[Pd+2]. The molecule has 0 aromatic heterocycles. The summed E-state index contributed by atoms with van der Waals surface area (Å²) < 4.78 is 0. The molecule has 0 saturated carbocycles. The Kier molecular flexibility index (Phi) is 13.7. The smallest absolute Gasteiger partial charge is 0.504 e. The number of aliphatic carboxylic acids is 1. The summed E-state index contributed by atoms with van der Waals surface area (Å²) in [5, 5.41) is 11.7. The molecule has 0 atom stereocenters. The minimum absolute atomic E-state index is 0. The van der Waals surface area contributed by atoms with Gasteiger partial charge in [0.2, 0.25) is 0 Å². The van der Waals surface area contributed by atoms with Crippen molar-refractivity contribution < 1.29 is 30.3 Å². The van der Waals surface area contributed by atoms with Crippen LogP contribution in [-0.4, -0.2) is 32.0 Å². The normalized spacial score (nSPS) is 12.7. The predicted octanol–water partition coefficient (Wildman–Crippen LogP) is 6.86. The molecule has 0 radical (unpaired) electrons. The van der Waals surface area contributed by atoms with Gasteiger partial charge in [0.15, 0.2) is 0 Å². The molecule has 1 aliphatic heterocycles. The van der Waals surface area contributed by atoms with Crippen molar-refractivity contribution in [1.82, 2.24) is 9.80 Å². The van der Waals surface area contributed by atoms with Gasteiger partial charge in [0, 0.05) is 23.3 Å². The van der Waals surface area contributed by atoms with Crippen LogP contribution in [0.3, 0.4) is 0 Å². The molecule has 3 aromatic carbocycles. The third-order valence-electron chi connectivity index (χ3n) is 6.30. The molecule has 1 N–H and O–H groups in total. The van der Waals surface area contributed by atoms with E-state index in [0.717, 1.165) is 12.5 Å². The summed E-state index contributed by atoms with van der Waals surface area (Å²) in [4.78, 5) is 13.5. The summed E-state index contributed by atoms with van der Waals surface area (Å²) in [7, 11) is -1.03. The molecule has 1 heterocycles. The molecule has 0 amide bonds. The maximum Gasteiger partial charge on any atom is 2.00 e. The molecule has 0 aliphatic carbocycles. The molecule has 3 aromatic rings. The maximum atomic E-state index is 9.00. The largest absolute Gasteiger partial charge is 2.00 e. The van der Waals surface area contributed by atoms with Crippen LogP contribution in [0.15, 0.2) is 85.2 Å². The number of carbonyl (C=O) groups is 1. The first-order valence-corrected chi connectivity index (χ1v) is 14.8. The van der Waals surface area contributed by atoms with Crippen molar-refractivity contribution in [2.24, 2.45) is 0 Å². The van der Waals surface area contributed by atoms with Crippen LogP contribution < -0.4 is 15.9 Å². The van der Waals surface area contributed by atoms with Gasteiger partial charge in [-0.1, -0.05) is 48.5 Å². The zero-order valence-corrected chi connectivity index (χ0v) is 28.0. The minimum Gasteiger partial charge on any atom is -0.504 e. The number of benzene rings is 3. The third kappa shape index (κ3) is 10.4. The first-order chi connectivity index (χ1) is 18.1. The minimum atomic E-state index is -1.03. The molecule has 4 rings (SSSR count). The van der Waals surface area contributed by atoms with Crippen molar-refractivity contribution in [1.29, 1.82) is 0 Å². The van der Waals surface area contributed by atoms with Crippen molar-refractivity contribution >= 4 is 29.8 Å². The van der Waals surface area contributed by atoms with E-state index in [1.807, 2.05) is 0 Å². The van der Waals surface area contributed by atoms with Gasteiger partial charge in [-0.3, -0.25) is 4.79 Å². The van der Waals surface area contributed by atoms with Crippen molar-refractivity contribution in [3.8, 4) is 0 Å². The fourth-order valence-corrected chi connectivity index (χ4v) is 7.07. The van der Waals surface area contributed by atoms with Crippen LogP contribution in [-0.2, 0) is 25.2 Å². The van der Waals surface area contributed by atoms with Crippen LogP contribution in [0.1, 0.15) is 65.2 Å². The van der Waals surface area contributed by atoms with E-state index in [-0.39, 0.29) is 31.5 Å². The Hall–Kier alpha value is -2.57. The fourth-order valence-electron chi connectivity index (χ4n) is 4.05. The van der Waals surface area contributed by atoms with Crippen molar-refractivity contribution in [2.75, 3.05) is 0 Å². The number of carboxylic acid groups (broad SMARTS) is 1. The standard InChI is InChI=1S/C21H20P.C11H21N2.C2H4O2.Pd/c1-16-10-4-7-13-19(16)22(20-14-8-5-11-17(20)2)21-15-9-6-12-18(21)3;1-10(2,3)12-7-8-13(9-12)11(4,5)6;1-2(3)4;/h4-15H,1H2,2-3H3;7-9H,1-6H3;1H3,(H,3,4);/q2*-1;;+2/p+1. The summed E-state index contributed by atoms with van der Waals surface area (Å²) in [5.41, 5.74) is 4.22. The van der Waals surface area contributed by atoms with E-state index < -0.39 is 13.9 Å². The average molecular weight is 652 g/mol. The maximum absolute atomic E-state index is 9.00. The van der Waals surface area contributed by atoms with Gasteiger partial charge in [-0.05, 0) is 91.0 Å². The van der Waals surface area contributed by atoms with Crippen LogP contribution in [0.25, 0.3) is 0 Å². The number of nitrogens with zero attached hydrogens (tertiary/aromatic N) is 2. The van der Waals surface area contributed by atoms with Gasteiger partial charge in [0.1, 0.15) is 0 Å². The molecule has 218 valence electrons. The number of aryl methyl sites for hydroxylation is 2. The number of carboxylic acids is 1. The van der Waals surface area contributed by atoms with Crippen molar-refractivity contribution in [3.05, 3.63) is 115 Å². The Bertz CT molecular complexity index is 1130. The van der Waals surface area contributed by atoms with Gasteiger partial charge in [-0.2, -0.15) is 25.2 Å². The Morgan fingerprint density at radius 1 is 0.725 bits per heavy atom. The van der Waals surface area contributed by atoms with Crippen molar-refractivity contribution in [3.63, 3.8) is 0 Å². The van der Waals surface area contributed by atoms with E-state index >= 15 is 0 Å². The number of rotatable bonds is 3. The van der Waals surface area contributed by atoms with Crippen LogP contribution in [0, 0.1) is 27.4 Å². The first-order valence-electron chi connectivity index (χ1n) is 13.3. The second-order valence-corrected chi connectivity index (χ2v) is 14.1. The van der Waals surface area contributed by atoms with Crippen LogP contribution in [0.2, 0.25) is 0 Å². The van der Waals surface area contributed by atoms with Gasteiger partial charge >= 0.3 is 20.4 Å². The van der Waals surface area contributed by atoms with Gasteiger partial charge in [-0.15, -0.1) is 6.07 Å². The van der Waals surface area contributed by atoms with E-state index in [9.17, 15) is 0 Å². The van der Waals surface area contributed by atoms with Crippen LogP contribution in [0.4, 0.5) is 0 Å². The van der Waals surface area contributed by atoms with Crippen LogP contribution >= 0.6 is 7.92 Å².